The van der Waals surface area contributed by atoms with Gasteiger partial charge in [0.15, 0.2) is 5.65 Å². The summed E-state index contributed by atoms with van der Waals surface area (Å²) in [6.45, 7) is 0.528. The van der Waals surface area contributed by atoms with E-state index in [1.165, 1.54) is 12.8 Å². The minimum absolute atomic E-state index is 0.528. The first-order valence-electron chi connectivity index (χ1n) is 4.90. The highest BCUT2D eigenvalue weighted by Gasteiger charge is 2.25. The zero-order valence-corrected chi connectivity index (χ0v) is 7.85. The van der Waals surface area contributed by atoms with E-state index in [1.807, 2.05) is 18.6 Å². The van der Waals surface area contributed by atoms with Crippen molar-refractivity contribution in [3.8, 4) is 0 Å². The first-order valence-corrected chi connectivity index (χ1v) is 4.90. The van der Waals surface area contributed by atoms with Crippen LogP contribution in [0.4, 0.5) is 0 Å². The molecule has 0 saturated heterocycles. The van der Waals surface area contributed by atoms with Gasteiger partial charge in [0, 0.05) is 18.8 Å². The second kappa shape index (κ2) is 2.78. The monoisotopic (exact) mass is 188 g/mol. The van der Waals surface area contributed by atoms with Crippen LogP contribution >= 0.6 is 0 Å². The van der Waals surface area contributed by atoms with Crippen molar-refractivity contribution < 1.29 is 0 Å². The van der Waals surface area contributed by atoms with Crippen LogP contribution in [0.1, 0.15) is 24.4 Å². The maximum absolute atomic E-state index is 5.64. The largest absolute Gasteiger partial charge is 0.326 e. The molecule has 2 heterocycles. The number of hydrogen-bond donors (Lipinski definition) is 1. The first-order chi connectivity index (χ1) is 6.90. The van der Waals surface area contributed by atoms with Gasteiger partial charge in [-0.2, -0.15) is 0 Å². The van der Waals surface area contributed by atoms with Crippen LogP contribution in [-0.4, -0.2) is 14.5 Å². The van der Waals surface area contributed by atoms with Gasteiger partial charge >= 0.3 is 0 Å². The lowest BCUT2D eigenvalue weighted by molar-refractivity contribution is 0.757. The average Bonchev–Trinajstić information content (AvgIpc) is 2.97. The molecule has 1 aliphatic carbocycles. The van der Waals surface area contributed by atoms with E-state index in [4.69, 9.17) is 5.73 Å². The molecule has 0 atom stereocenters. The molecule has 2 aromatic rings. The summed E-state index contributed by atoms with van der Waals surface area (Å²) in [6.07, 6.45) is 6.19. The van der Waals surface area contributed by atoms with E-state index in [9.17, 15) is 0 Å². The van der Waals surface area contributed by atoms with E-state index in [2.05, 4.69) is 14.5 Å². The molecular weight excluding hydrogens is 176 g/mol. The molecule has 0 aromatic carbocycles. The molecule has 14 heavy (non-hydrogen) atoms. The smallest absolute Gasteiger partial charge is 0.160 e. The summed E-state index contributed by atoms with van der Waals surface area (Å²) >= 11 is 0. The SMILES string of the molecule is NCc1ccnc2c1ncn2C1CC1. The Hall–Kier alpha value is -1.42. The lowest BCUT2D eigenvalue weighted by Crippen LogP contribution is -1.99. The van der Waals surface area contributed by atoms with Gasteiger partial charge in [0.05, 0.1) is 6.33 Å². The van der Waals surface area contributed by atoms with Gasteiger partial charge in [0.1, 0.15) is 5.52 Å². The van der Waals surface area contributed by atoms with Crippen LogP contribution in [0.2, 0.25) is 0 Å². The van der Waals surface area contributed by atoms with Crippen molar-refractivity contribution in [1.82, 2.24) is 14.5 Å². The third kappa shape index (κ3) is 1.04. The molecule has 0 unspecified atom stereocenters. The van der Waals surface area contributed by atoms with Crippen molar-refractivity contribution in [3.05, 3.63) is 24.2 Å². The second-order valence-corrected chi connectivity index (χ2v) is 3.73. The molecule has 0 amide bonds. The van der Waals surface area contributed by atoms with Gasteiger partial charge in [-0.3, -0.25) is 0 Å². The quantitative estimate of drug-likeness (QED) is 0.771. The number of hydrogen-bond acceptors (Lipinski definition) is 3. The number of imidazole rings is 1. The fourth-order valence-corrected chi connectivity index (χ4v) is 1.77. The topological polar surface area (TPSA) is 56.7 Å². The van der Waals surface area contributed by atoms with Crippen molar-refractivity contribution in [2.45, 2.75) is 25.4 Å². The van der Waals surface area contributed by atoms with Gasteiger partial charge in [-0.15, -0.1) is 0 Å². The van der Waals surface area contributed by atoms with E-state index in [0.29, 0.717) is 12.6 Å². The molecule has 1 fully saturated rings. The second-order valence-electron chi connectivity index (χ2n) is 3.73. The minimum Gasteiger partial charge on any atom is -0.326 e. The predicted octanol–water partition coefficient (Wildman–Crippen LogP) is 1.22. The lowest BCUT2D eigenvalue weighted by atomic mass is 10.2. The average molecular weight is 188 g/mol. The Kier molecular flexibility index (Phi) is 1.58. The van der Waals surface area contributed by atoms with E-state index >= 15 is 0 Å². The third-order valence-electron chi connectivity index (χ3n) is 2.70. The molecule has 2 N–H and O–H groups in total. The molecule has 72 valence electrons. The van der Waals surface area contributed by atoms with Gasteiger partial charge in [-0.05, 0) is 24.5 Å². The summed E-state index contributed by atoms with van der Waals surface area (Å²) in [5.74, 6) is 0. The number of rotatable bonds is 2. The number of fused-ring (bicyclic) bond motifs is 1. The molecule has 0 spiro atoms. The Morgan fingerprint density at radius 3 is 3.00 bits per heavy atom. The van der Waals surface area contributed by atoms with Crippen LogP contribution in [0.15, 0.2) is 18.6 Å². The number of pyridine rings is 1. The van der Waals surface area contributed by atoms with Crippen LogP contribution < -0.4 is 5.73 Å². The van der Waals surface area contributed by atoms with Crippen LogP contribution in [0.5, 0.6) is 0 Å². The standard InChI is InChI=1S/C10H12N4/c11-5-7-3-4-12-10-9(7)13-6-14(10)8-1-2-8/h3-4,6,8H,1-2,5,11H2. The fourth-order valence-electron chi connectivity index (χ4n) is 1.77. The van der Waals surface area contributed by atoms with Crippen LogP contribution in [0, 0.1) is 0 Å². The Balaban J connectivity index is 2.25. The summed E-state index contributed by atoms with van der Waals surface area (Å²) in [5.41, 5.74) is 8.66. The van der Waals surface area contributed by atoms with Crippen LogP contribution in [0.3, 0.4) is 0 Å². The normalized spacial score (nSPS) is 16.4. The molecule has 4 nitrogen and oxygen atoms in total. The zero-order valence-electron chi connectivity index (χ0n) is 7.85. The van der Waals surface area contributed by atoms with Crippen molar-refractivity contribution in [1.29, 1.82) is 0 Å². The molecule has 2 aromatic heterocycles. The molecule has 1 aliphatic rings. The Labute approximate surface area is 81.8 Å². The molecule has 3 rings (SSSR count). The maximum Gasteiger partial charge on any atom is 0.160 e. The highest BCUT2D eigenvalue weighted by atomic mass is 15.1. The summed E-state index contributed by atoms with van der Waals surface area (Å²) < 4.78 is 2.16. The van der Waals surface area contributed by atoms with Crippen molar-refractivity contribution in [3.63, 3.8) is 0 Å². The lowest BCUT2D eigenvalue weighted by Gasteiger charge is -2.00. The summed E-state index contributed by atoms with van der Waals surface area (Å²) in [4.78, 5) is 8.73. The molecular formula is C10H12N4. The van der Waals surface area contributed by atoms with Gasteiger partial charge in [0.25, 0.3) is 0 Å². The Bertz CT molecular complexity index is 470. The number of aromatic nitrogens is 3. The van der Waals surface area contributed by atoms with Crippen LogP contribution in [-0.2, 0) is 6.54 Å². The molecule has 1 saturated carbocycles. The predicted molar refractivity (Wildman–Crippen MR) is 53.7 cm³/mol. The molecule has 4 heteroatoms. The Morgan fingerprint density at radius 1 is 1.43 bits per heavy atom. The van der Waals surface area contributed by atoms with Crippen molar-refractivity contribution in [2.24, 2.45) is 5.73 Å². The molecule has 0 bridgehead atoms. The zero-order chi connectivity index (χ0) is 9.54. The van der Waals surface area contributed by atoms with Gasteiger partial charge in [-0.1, -0.05) is 0 Å². The van der Waals surface area contributed by atoms with E-state index < -0.39 is 0 Å². The first kappa shape index (κ1) is 7.94. The van der Waals surface area contributed by atoms with Crippen molar-refractivity contribution >= 4 is 11.2 Å². The Morgan fingerprint density at radius 2 is 2.29 bits per heavy atom. The van der Waals surface area contributed by atoms with Gasteiger partial charge in [-0.25, -0.2) is 9.97 Å². The third-order valence-corrected chi connectivity index (χ3v) is 2.70. The van der Waals surface area contributed by atoms with Gasteiger partial charge in [0.2, 0.25) is 0 Å². The number of nitrogens with two attached hydrogens (primary N) is 1. The van der Waals surface area contributed by atoms with Gasteiger partial charge < -0.3 is 10.3 Å². The summed E-state index contributed by atoms with van der Waals surface area (Å²) in [5, 5.41) is 0. The molecule has 0 aliphatic heterocycles. The highest BCUT2D eigenvalue weighted by molar-refractivity contribution is 5.74. The molecule has 0 radical (unpaired) electrons. The van der Waals surface area contributed by atoms with E-state index in [0.717, 1.165) is 16.7 Å². The minimum atomic E-state index is 0.528. The van der Waals surface area contributed by atoms with Crippen molar-refractivity contribution in [2.75, 3.05) is 0 Å². The van der Waals surface area contributed by atoms with E-state index in [-0.39, 0.29) is 0 Å². The fraction of sp³-hybridized carbons (Fsp3) is 0.400. The summed E-state index contributed by atoms with van der Waals surface area (Å²) in [6, 6.07) is 2.56. The summed E-state index contributed by atoms with van der Waals surface area (Å²) in [7, 11) is 0. The number of nitrogens with zero attached hydrogens (tertiary/aromatic N) is 3. The maximum atomic E-state index is 5.64. The van der Waals surface area contributed by atoms with Crippen LogP contribution in [0.25, 0.3) is 11.2 Å². The van der Waals surface area contributed by atoms with E-state index in [1.54, 1.807) is 0 Å². The highest BCUT2D eigenvalue weighted by Crippen LogP contribution is 2.36.